The third kappa shape index (κ3) is 2.39. The fourth-order valence-electron chi connectivity index (χ4n) is 3.46. The van der Waals surface area contributed by atoms with Crippen molar-refractivity contribution in [3.05, 3.63) is 90.5 Å². The molecule has 0 aliphatic carbocycles. The van der Waals surface area contributed by atoms with Gasteiger partial charge in [-0.3, -0.25) is 0 Å². The molecule has 0 aliphatic rings. The highest BCUT2D eigenvalue weighted by Gasteiger charge is 2.16. The summed E-state index contributed by atoms with van der Waals surface area (Å²) in [5, 5.41) is 1.05. The zero-order chi connectivity index (χ0) is 17.5. The van der Waals surface area contributed by atoms with E-state index in [4.69, 9.17) is 9.40 Å². The van der Waals surface area contributed by atoms with Crippen LogP contribution in [0.2, 0.25) is 0 Å². The number of hydrogen-bond donors (Lipinski definition) is 0. The number of fused-ring (bicyclic) bond motifs is 3. The van der Waals surface area contributed by atoms with Crippen LogP contribution in [0.25, 0.3) is 44.5 Å². The lowest BCUT2D eigenvalue weighted by Gasteiger charge is -2.08. The van der Waals surface area contributed by atoms with Gasteiger partial charge in [-0.05, 0) is 30.7 Å². The van der Waals surface area contributed by atoms with Gasteiger partial charge in [0.05, 0.1) is 5.69 Å². The average Bonchev–Trinajstić information content (AvgIpc) is 3.06. The van der Waals surface area contributed by atoms with Crippen LogP contribution >= 0.6 is 0 Å². The topological polar surface area (TPSA) is 26.0 Å². The van der Waals surface area contributed by atoms with Gasteiger partial charge < -0.3 is 4.42 Å². The lowest BCUT2D eigenvalue weighted by Crippen LogP contribution is -1.88. The van der Waals surface area contributed by atoms with Gasteiger partial charge in [-0.1, -0.05) is 72.3 Å². The first-order valence-electron chi connectivity index (χ1n) is 8.74. The van der Waals surface area contributed by atoms with Crippen molar-refractivity contribution in [2.75, 3.05) is 0 Å². The number of para-hydroxylation sites is 1. The SMILES string of the molecule is Cc1cccc(-c2cc(-c3ccccc3)nc3c2oc2ccccc23)c1. The Hall–Kier alpha value is -3.39. The molecule has 0 radical (unpaired) electrons. The van der Waals surface area contributed by atoms with Crippen molar-refractivity contribution in [2.45, 2.75) is 6.92 Å². The van der Waals surface area contributed by atoms with Gasteiger partial charge in [0.2, 0.25) is 0 Å². The predicted molar refractivity (Wildman–Crippen MR) is 107 cm³/mol. The van der Waals surface area contributed by atoms with Gasteiger partial charge >= 0.3 is 0 Å². The second-order valence-corrected chi connectivity index (χ2v) is 6.57. The van der Waals surface area contributed by atoms with E-state index >= 15 is 0 Å². The average molecular weight is 335 g/mol. The summed E-state index contributed by atoms with van der Waals surface area (Å²) in [5.41, 5.74) is 8.14. The maximum absolute atomic E-state index is 6.21. The molecule has 26 heavy (non-hydrogen) atoms. The number of aryl methyl sites for hydroxylation is 1. The Bertz CT molecular complexity index is 1240. The Kier molecular flexibility index (Phi) is 3.36. The van der Waals surface area contributed by atoms with Crippen molar-refractivity contribution in [2.24, 2.45) is 0 Å². The second-order valence-electron chi connectivity index (χ2n) is 6.57. The van der Waals surface area contributed by atoms with Crippen molar-refractivity contribution in [1.29, 1.82) is 0 Å². The Morgan fingerprint density at radius 1 is 0.731 bits per heavy atom. The number of pyridine rings is 1. The third-order valence-corrected chi connectivity index (χ3v) is 4.73. The molecule has 0 saturated heterocycles. The van der Waals surface area contributed by atoms with Crippen molar-refractivity contribution in [1.82, 2.24) is 4.98 Å². The molecular formula is C24H17NO. The molecule has 0 N–H and O–H groups in total. The summed E-state index contributed by atoms with van der Waals surface area (Å²) >= 11 is 0. The molecule has 0 atom stereocenters. The first kappa shape index (κ1) is 14.9. The minimum absolute atomic E-state index is 0.844. The minimum atomic E-state index is 0.844. The number of furan rings is 1. The van der Waals surface area contributed by atoms with Crippen molar-refractivity contribution >= 4 is 22.1 Å². The number of rotatable bonds is 2. The maximum Gasteiger partial charge on any atom is 0.161 e. The molecule has 0 fully saturated rings. The van der Waals surface area contributed by atoms with E-state index in [0.29, 0.717) is 0 Å². The zero-order valence-electron chi connectivity index (χ0n) is 14.4. The van der Waals surface area contributed by atoms with Gasteiger partial charge in [0.15, 0.2) is 5.58 Å². The van der Waals surface area contributed by atoms with Gasteiger partial charge in [0, 0.05) is 16.5 Å². The summed E-state index contributed by atoms with van der Waals surface area (Å²) in [6, 6.07) is 29.0. The summed E-state index contributed by atoms with van der Waals surface area (Å²) in [6.07, 6.45) is 0. The lowest BCUT2D eigenvalue weighted by atomic mass is 10.0. The molecule has 2 aromatic heterocycles. The fourth-order valence-corrected chi connectivity index (χ4v) is 3.46. The number of benzene rings is 3. The molecule has 0 saturated carbocycles. The molecule has 5 aromatic rings. The number of hydrogen-bond acceptors (Lipinski definition) is 2. The molecule has 0 spiro atoms. The van der Waals surface area contributed by atoms with Crippen LogP contribution in [0.3, 0.4) is 0 Å². The van der Waals surface area contributed by atoms with E-state index in [1.807, 2.05) is 36.4 Å². The first-order valence-corrected chi connectivity index (χ1v) is 8.74. The third-order valence-electron chi connectivity index (χ3n) is 4.73. The first-order chi connectivity index (χ1) is 12.8. The Balaban J connectivity index is 1.90. The number of aromatic nitrogens is 1. The summed E-state index contributed by atoms with van der Waals surface area (Å²) in [4.78, 5) is 4.95. The fraction of sp³-hybridized carbons (Fsp3) is 0.0417. The van der Waals surface area contributed by atoms with Gasteiger partial charge in [-0.15, -0.1) is 0 Å². The van der Waals surface area contributed by atoms with Crippen LogP contribution < -0.4 is 0 Å². The van der Waals surface area contributed by atoms with Gasteiger partial charge in [-0.2, -0.15) is 0 Å². The largest absolute Gasteiger partial charge is 0.454 e. The normalized spacial score (nSPS) is 11.3. The zero-order valence-corrected chi connectivity index (χ0v) is 14.4. The van der Waals surface area contributed by atoms with Crippen LogP contribution in [-0.2, 0) is 0 Å². The molecule has 0 bridgehead atoms. The number of nitrogens with zero attached hydrogens (tertiary/aromatic N) is 1. The van der Waals surface area contributed by atoms with Crippen LogP contribution in [0, 0.1) is 6.92 Å². The summed E-state index contributed by atoms with van der Waals surface area (Å²) in [6.45, 7) is 2.11. The van der Waals surface area contributed by atoms with E-state index in [2.05, 4.69) is 55.5 Å². The summed E-state index contributed by atoms with van der Waals surface area (Å²) < 4.78 is 6.21. The monoisotopic (exact) mass is 335 g/mol. The van der Waals surface area contributed by atoms with E-state index < -0.39 is 0 Å². The molecule has 3 aromatic carbocycles. The Morgan fingerprint density at radius 3 is 2.35 bits per heavy atom. The van der Waals surface area contributed by atoms with Crippen LogP contribution in [0.4, 0.5) is 0 Å². The van der Waals surface area contributed by atoms with Crippen LogP contribution in [0.1, 0.15) is 5.56 Å². The molecule has 0 aliphatic heterocycles. The lowest BCUT2D eigenvalue weighted by molar-refractivity contribution is 0.669. The highest BCUT2D eigenvalue weighted by Crippen LogP contribution is 2.37. The highest BCUT2D eigenvalue weighted by atomic mass is 16.3. The molecule has 2 nitrogen and oxygen atoms in total. The molecule has 0 amide bonds. The van der Waals surface area contributed by atoms with Crippen molar-refractivity contribution < 1.29 is 4.42 Å². The molecule has 0 unspecified atom stereocenters. The van der Waals surface area contributed by atoms with Crippen molar-refractivity contribution in [3.8, 4) is 22.4 Å². The van der Waals surface area contributed by atoms with E-state index in [1.165, 1.54) is 5.56 Å². The molecular weight excluding hydrogens is 318 g/mol. The minimum Gasteiger partial charge on any atom is -0.454 e. The van der Waals surface area contributed by atoms with Gasteiger partial charge in [0.1, 0.15) is 11.1 Å². The van der Waals surface area contributed by atoms with E-state index in [0.717, 1.165) is 44.5 Å². The molecule has 2 heteroatoms. The van der Waals surface area contributed by atoms with E-state index in [9.17, 15) is 0 Å². The Morgan fingerprint density at radius 2 is 1.50 bits per heavy atom. The Labute approximate surface area is 151 Å². The second kappa shape index (κ2) is 5.85. The van der Waals surface area contributed by atoms with Crippen molar-refractivity contribution in [3.63, 3.8) is 0 Å². The van der Waals surface area contributed by atoms with Gasteiger partial charge in [0.25, 0.3) is 0 Å². The summed E-state index contributed by atoms with van der Waals surface area (Å²) in [5.74, 6) is 0. The summed E-state index contributed by atoms with van der Waals surface area (Å²) in [7, 11) is 0. The predicted octanol–water partition coefficient (Wildman–Crippen LogP) is 6.62. The molecule has 2 heterocycles. The van der Waals surface area contributed by atoms with E-state index in [1.54, 1.807) is 0 Å². The van der Waals surface area contributed by atoms with Crippen LogP contribution in [0.15, 0.2) is 89.3 Å². The smallest absolute Gasteiger partial charge is 0.161 e. The van der Waals surface area contributed by atoms with Crippen LogP contribution in [0.5, 0.6) is 0 Å². The van der Waals surface area contributed by atoms with Crippen LogP contribution in [-0.4, -0.2) is 4.98 Å². The molecule has 124 valence electrons. The quantitative estimate of drug-likeness (QED) is 0.362. The standard InChI is InChI=1S/C24H17NO/c1-16-8-7-11-18(14-16)20-15-21(17-9-3-2-4-10-17)25-23-19-12-5-6-13-22(19)26-24(20)23/h2-15H,1H3. The molecule has 5 rings (SSSR count). The van der Waals surface area contributed by atoms with E-state index in [-0.39, 0.29) is 0 Å². The van der Waals surface area contributed by atoms with Gasteiger partial charge in [-0.25, -0.2) is 4.98 Å². The highest BCUT2D eigenvalue weighted by molar-refractivity contribution is 6.08. The maximum atomic E-state index is 6.21.